The van der Waals surface area contributed by atoms with E-state index in [-0.39, 0.29) is 23.0 Å². The van der Waals surface area contributed by atoms with E-state index < -0.39 is 12.3 Å². The van der Waals surface area contributed by atoms with Crippen molar-refractivity contribution >= 4 is 23.5 Å². The van der Waals surface area contributed by atoms with E-state index >= 15 is 0 Å². The van der Waals surface area contributed by atoms with Gasteiger partial charge < -0.3 is 14.4 Å². The summed E-state index contributed by atoms with van der Waals surface area (Å²) in [4.78, 5) is 28.3. The van der Waals surface area contributed by atoms with E-state index in [2.05, 4.69) is 29.6 Å². The van der Waals surface area contributed by atoms with E-state index in [1.165, 1.54) is 11.1 Å². The molecule has 0 bridgehead atoms. The maximum atomic E-state index is 13.3. The minimum atomic E-state index is -0.445. The number of ketones is 1. The van der Waals surface area contributed by atoms with Crippen molar-refractivity contribution in [3.63, 3.8) is 0 Å². The number of aryl methyl sites for hydroxylation is 1. The van der Waals surface area contributed by atoms with Crippen LogP contribution in [0.4, 0.5) is 0 Å². The number of ether oxygens (including phenoxy) is 2. The van der Waals surface area contributed by atoms with E-state index in [9.17, 15) is 9.59 Å². The van der Waals surface area contributed by atoms with E-state index in [0.29, 0.717) is 24.8 Å². The van der Waals surface area contributed by atoms with Gasteiger partial charge in [0.15, 0.2) is 6.29 Å². The Balaban J connectivity index is 1.34. The van der Waals surface area contributed by atoms with Crippen LogP contribution < -0.4 is 5.32 Å². The number of nitrogens with zero attached hydrogens (tertiary/aromatic N) is 1. The number of rotatable bonds is 8. The first-order chi connectivity index (χ1) is 15.1. The third kappa shape index (κ3) is 5.00. The van der Waals surface area contributed by atoms with Gasteiger partial charge in [0.2, 0.25) is 5.91 Å². The number of hydrogen-bond acceptors (Lipinski definition) is 6. The Labute approximate surface area is 189 Å². The smallest absolute Gasteiger partial charge is 0.241 e. The standard InChI is InChI=1S/C24H34N2O4S/c1-29-24(30-2)19-8-5-13-26(19)23(28)21-22(31-15-25-21)20(27)12-10-16-9-11-17-6-3-4-7-18(17)14-16/h3-4,6-7,16,19,21-22,24-25H,5,8-15H2,1-2H3/t16-,19+,21+,22?/m1/s1. The Hall–Kier alpha value is -1.41. The number of amides is 1. The summed E-state index contributed by atoms with van der Waals surface area (Å²) in [6.45, 7) is 0.692. The van der Waals surface area contributed by atoms with E-state index in [0.717, 1.165) is 38.5 Å². The molecule has 1 unspecified atom stereocenters. The normalized spacial score (nSPS) is 28.2. The number of fused-ring (bicyclic) bond motifs is 1. The first kappa shape index (κ1) is 22.8. The molecule has 31 heavy (non-hydrogen) atoms. The molecule has 170 valence electrons. The molecule has 4 rings (SSSR count). The van der Waals surface area contributed by atoms with Gasteiger partial charge in [0.05, 0.1) is 11.3 Å². The van der Waals surface area contributed by atoms with Gasteiger partial charge in [-0.25, -0.2) is 0 Å². The summed E-state index contributed by atoms with van der Waals surface area (Å²) in [5.74, 6) is 1.41. The second-order valence-electron chi connectivity index (χ2n) is 8.88. The fraction of sp³-hybridized carbons (Fsp3) is 0.667. The summed E-state index contributed by atoms with van der Waals surface area (Å²) in [6.07, 6.45) is 6.14. The van der Waals surface area contributed by atoms with Crippen LogP contribution in [0.25, 0.3) is 0 Å². The Kier molecular flexibility index (Phi) is 7.69. The van der Waals surface area contributed by atoms with Crippen LogP contribution >= 0.6 is 11.8 Å². The third-order valence-corrected chi connectivity index (χ3v) is 8.29. The van der Waals surface area contributed by atoms with Gasteiger partial charge in [-0.3, -0.25) is 14.9 Å². The monoisotopic (exact) mass is 446 g/mol. The molecular weight excluding hydrogens is 412 g/mol. The Morgan fingerprint density at radius 3 is 2.74 bits per heavy atom. The van der Waals surface area contributed by atoms with Gasteiger partial charge >= 0.3 is 0 Å². The number of hydrogen-bond donors (Lipinski definition) is 1. The minimum absolute atomic E-state index is 0.0107. The molecule has 3 aliphatic rings. The summed E-state index contributed by atoms with van der Waals surface area (Å²) in [6, 6.07) is 8.11. The fourth-order valence-corrected chi connectivity index (χ4v) is 6.54. The topological polar surface area (TPSA) is 67.9 Å². The minimum Gasteiger partial charge on any atom is -0.354 e. The van der Waals surface area contributed by atoms with Crippen LogP contribution in [0.15, 0.2) is 24.3 Å². The summed E-state index contributed by atoms with van der Waals surface area (Å²) < 4.78 is 10.8. The van der Waals surface area contributed by atoms with Crippen LogP contribution in [0, 0.1) is 5.92 Å². The Bertz CT molecular complexity index is 785. The maximum absolute atomic E-state index is 13.3. The van der Waals surface area contributed by atoms with Crippen molar-refractivity contribution in [2.24, 2.45) is 5.92 Å². The second-order valence-corrected chi connectivity index (χ2v) is 10.0. The molecule has 1 amide bonds. The number of likely N-dealkylation sites (tertiary alicyclic amines) is 1. The van der Waals surface area contributed by atoms with Gasteiger partial charge in [-0.05, 0) is 55.6 Å². The predicted octanol–water partition coefficient (Wildman–Crippen LogP) is 2.78. The van der Waals surface area contributed by atoms with Gasteiger partial charge in [-0.15, -0.1) is 11.8 Å². The van der Waals surface area contributed by atoms with Crippen molar-refractivity contribution < 1.29 is 19.1 Å². The number of carbonyl (C=O) groups excluding carboxylic acids is 2. The molecule has 1 aromatic carbocycles. The molecule has 1 N–H and O–H groups in total. The molecule has 0 saturated carbocycles. The highest BCUT2D eigenvalue weighted by Crippen LogP contribution is 2.32. The lowest BCUT2D eigenvalue weighted by Gasteiger charge is -2.32. The van der Waals surface area contributed by atoms with Gasteiger partial charge in [0.25, 0.3) is 0 Å². The van der Waals surface area contributed by atoms with Gasteiger partial charge in [0, 0.05) is 33.1 Å². The number of nitrogens with one attached hydrogen (secondary N) is 1. The molecule has 1 aliphatic carbocycles. The molecule has 0 radical (unpaired) electrons. The first-order valence-electron chi connectivity index (χ1n) is 11.4. The fourth-order valence-electron chi connectivity index (χ4n) is 5.37. The molecule has 6 nitrogen and oxygen atoms in total. The molecule has 7 heteroatoms. The van der Waals surface area contributed by atoms with Crippen LogP contribution in [-0.4, -0.2) is 66.9 Å². The molecule has 0 spiro atoms. The number of methoxy groups -OCH3 is 2. The van der Waals surface area contributed by atoms with Crippen LogP contribution in [0.2, 0.25) is 0 Å². The lowest BCUT2D eigenvalue weighted by Crippen LogP contribution is -2.54. The van der Waals surface area contributed by atoms with Crippen molar-refractivity contribution in [3.05, 3.63) is 35.4 Å². The zero-order valence-electron chi connectivity index (χ0n) is 18.5. The number of benzene rings is 1. The molecule has 2 heterocycles. The molecular formula is C24H34N2O4S. The zero-order chi connectivity index (χ0) is 21.8. The molecule has 2 saturated heterocycles. The van der Waals surface area contributed by atoms with E-state index in [4.69, 9.17) is 9.47 Å². The molecule has 2 aliphatic heterocycles. The third-order valence-electron chi connectivity index (χ3n) is 7.06. The lowest BCUT2D eigenvalue weighted by molar-refractivity contribution is -0.158. The lowest BCUT2D eigenvalue weighted by atomic mass is 9.81. The highest BCUT2D eigenvalue weighted by molar-refractivity contribution is 8.00. The van der Waals surface area contributed by atoms with Gasteiger partial charge in [-0.2, -0.15) is 0 Å². The molecule has 4 atom stereocenters. The van der Waals surface area contributed by atoms with Gasteiger partial charge in [-0.1, -0.05) is 24.3 Å². The SMILES string of the molecule is COC(OC)[C@@H]1CCCN1C(=O)[C@H]1NCSC1C(=O)CC[C@H]1CCc2ccccc2C1. The Morgan fingerprint density at radius 2 is 1.97 bits per heavy atom. The summed E-state index contributed by atoms with van der Waals surface area (Å²) in [5, 5.41) is 2.98. The van der Waals surface area contributed by atoms with Crippen LogP contribution in [0.5, 0.6) is 0 Å². The zero-order valence-corrected chi connectivity index (χ0v) is 19.4. The number of Topliss-reactive ketones (excluding diaryl/α,β-unsaturated/α-hetero) is 1. The predicted molar refractivity (Wildman–Crippen MR) is 122 cm³/mol. The largest absolute Gasteiger partial charge is 0.354 e. The molecule has 1 aromatic rings. The quantitative estimate of drug-likeness (QED) is 0.620. The average Bonchev–Trinajstić information content (AvgIpc) is 3.48. The molecule has 0 aromatic heterocycles. The highest BCUT2D eigenvalue weighted by atomic mass is 32.2. The van der Waals surface area contributed by atoms with E-state index in [1.54, 1.807) is 26.0 Å². The van der Waals surface area contributed by atoms with Crippen molar-refractivity contribution in [1.29, 1.82) is 0 Å². The highest BCUT2D eigenvalue weighted by Gasteiger charge is 2.44. The number of thioether (sulfide) groups is 1. The summed E-state index contributed by atoms with van der Waals surface area (Å²) in [7, 11) is 3.21. The number of carbonyl (C=O) groups is 2. The van der Waals surface area contributed by atoms with Crippen molar-refractivity contribution in [3.8, 4) is 0 Å². The van der Waals surface area contributed by atoms with E-state index in [1.807, 2.05) is 4.90 Å². The van der Waals surface area contributed by atoms with Crippen LogP contribution in [-0.2, 0) is 31.9 Å². The van der Waals surface area contributed by atoms with Gasteiger partial charge in [0.1, 0.15) is 11.8 Å². The maximum Gasteiger partial charge on any atom is 0.241 e. The van der Waals surface area contributed by atoms with Crippen LogP contribution in [0.1, 0.15) is 43.2 Å². The Morgan fingerprint density at radius 1 is 1.19 bits per heavy atom. The first-order valence-corrected chi connectivity index (χ1v) is 12.5. The second kappa shape index (κ2) is 10.5. The molecule has 2 fully saturated rings. The average molecular weight is 447 g/mol. The van der Waals surface area contributed by atoms with Crippen molar-refractivity contribution in [2.45, 2.75) is 68.6 Å². The van der Waals surface area contributed by atoms with Crippen LogP contribution in [0.3, 0.4) is 0 Å². The summed E-state index contributed by atoms with van der Waals surface area (Å²) >= 11 is 1.57. The van der Waals surface area contributed by atoms with Crippen molar-refractivity contribution in [1.82, 2.24) is 10.2 Å². The van der Waals surface area contributed by atoms with Crippen molar-refractivity contribution in [2.75, 3.05) is 26.6 Å². The summed E-state index contributed by atoms with van der Waals surface area (Å²) in [5.41, 5.74) is 2.89.